The maximum atomic E-state index is 13.4. The molecule has 1 aromatic heterocycles. The van der Waals surface area contributed by atoms with Gasteiger partial charge in [-0.25, -0.2) is 0 Å². The van der Waals surface area contributed by atoms with Gasteiger partial charge in [0.1, 0.15) is 0 Å². The van der Waals surface area contributed by atoms with Gasteiger partial charge in [0.25, 0.3) is 5.91 Å². The molecule has 32 heavy (non-hydrogen) atoms. The molecule has 0 spiro atoms. The van der Waals surface area contributed by atoms with Crippen LogP contribution in [0.25, 0.3) is 0 Å². The number of nitrogens with one attached hydrogen (secondary N) is 1. The van der Waals surface area contributed by atoms with Crippen molar-refractivity contribution in [2.75, 3.05) is 20.1 Å². The number of carbonyl (C=O) groups excluding carboxylic acids is 2. The molecule has 7 heteroatoms. The largest absolute Gasteiger partial charge is 0.370 e. The van der Waals surface area contributed by atoms with Crippen molar-refractivity contribution >= 4 is 17.8 Å². The summed E-state index contributed by atoms with van der Waals surface area (Å²) in [7, 11) is 1.63. The highest BCUT2D eigenvalue weighted by Crippen LogP contribution is 2.62. The molecule has 174 valence electrons. The van der Waals surface area contributed by atoms with Crippen LogP contribution in [0.1, 0.15) is 74.6 Å². The predicted molar refractivity (Wildman–Crippen MR) is 124 cm³/mol. The number of pyridine rings is 1. The lowest BCUT2D eigenvalue weighted by atomic mass is 9.80. The van der Waals surface area contributed by atoms with Gasteiger partial charge in [0.2, 0.25) is 5.91 Å². The number of hydrogen-bond acceptors (Lipinski definition) is 4. The molecular formula is C25H37N5O2. The molecule has 2 amide bonds. The first-order chi connectivity index (χ1) is 15.4. The highest BCUT2D eigenvalue weighted by Gasteiger charge is 2.63. The van der Waals surface area contributed by atoms with Gasteiger partial charge in [-0.1, -0.05) is 32.1 Å². The lowest BCUT2D eigenvalue weighted by molar-refractivity contribution is -0.133. The number of aromatic nitrogens is 1. The molecule has 2 unspecified atom stereocenters. The van der Waals surface area contributed by atoms with Gasteiger partial charge in [-0.15, -0.1) is 0 Å². The first kappa shape index (κ1) is 22.7. The monoisotopic (exact) mass is 439 g/mol. The van der Waals surface area contributed by atoms with Crippen LogP contribution in [0, 0.1) is 28.6 Å². The number of amides is 2. The number of nitrogens with zero attached hydrogens (tertiary/aromatic N) is 3. The molecule has 0 bridgehead atoms. The van der Waals surface area contributed by atoms with Crippen LogP contribution in [0.4, 0.5) is 0 Å². The maximum absolute atomic E-state index is 13.4. The van der Waals surface area contributed by atoms with Crippen molar-refractivity contribution in [2.24, 2.45) is 28.9 Å². The van der Waals surface area contributed by atoms with Crippen molar-refractivity contribution in [1.82, 2.24) is 14.8 Å². The fourth-order valence-corrected chi connectivity index (χ4v) is 6.17. The summed E-state index contributed by atoms with van der Waals surface area (Å²) < 4.78 is 0. The van der Waals surface area contributed by atoms with Crippen LogP contribution in [0.5, 0.6) is 0 Å². The van der Waals surface area contributed by atoms with E-state index in [0.29, 0.717) is 23.9 Å². The van der Waals surface area contributed by atoms with Gasteiger partial charge < -0.3 is 10.6 Å². The Morgan fingerprint density at radius 1 is 1.19 bits per heavy atom. The van der Waals surface area contributed by atoms with E-state index >= 15 is 0 Å². The Bertz CT molecular complexity index is 838. The van der Waals surface area contributed by atoms with E-state index in [0.717, 1.165) is 38.6 Å². The second-order valence-corrected chi connectivity index (χ2v) is 10.1. The molecular weight excluding hydrogens is 402 g/mol. The minimum atomic E-state index is -0.411. The Kier molecular flexibility index (Phi) is 6.82. The molecule has 0 aromatic carbocycles. The number of guanidine groups is 1. The van der Waals surface area contributed by atoms with E-state index in [1.165, 1.54) is 37.0 Å². The number of rotatable bonds is 6. The van der Waals surface area contributed by atoms with E-state index in [1.807, 2.05) is 4.90 Å². The molecule has 1 aromatic rings. The van der Waals surface area contributed by atoms with Crippen LogP contribution in [-0.4, -0.2) is 52.7 Å². The van der Waals surface area contributed by atoms with Crippen molar-refractivity contribution in [3.63, 3.8) is 0 Å². The molecule has 3 fully saturated rings. The van der Waals surface area contributed by atoms with Crippen molar-refractivity contribution in [3.05, 3.63) is 30.1 Å². The van der Waals surface area contributed by atoms with Gasteiger partial charge in [0, 0.05) is 38.1 Å². The Morgan fingerprint density at radius 2 is 1.91 bits per heavy atom. The van der Waals surface area contributed by atoms with Gasteiger partial charge >= 0.3 is 0 Å². The zero-order valence-corrected chi connectivity index (χ0v) is 19.3. The second kappa shape index (κ2) is 9.59. The summed E-state index contributed by atoms with van der Waals surface area (Å²) in [6.45, 7) is 1.47. The van der Waals surface area contributed by atoms with Crippen molar-refractivity contribution in [2.45, 2.75) is 64.2 Å². The smallest absolute Gasteiger partial charge is 0.253 e. The normalized spacial score (nSPS) is 28.2. The Morgan fingerprint density at radius 3 is 2.59 bits per heavy atom. The number of piperidine rings is 1. The molecule has 1 saturated heterocycles. The standard InChI is InChI=1S/C25H37N5O2/c1-29(24(26)27)23(32)25(12-9-18-6-3-2-4-7-18)16-21(25)20-8-5-15-30(17-20)22(31)19-10-13-28-14-11-19/h10-11,13-14,18,20-21H,2-9,12,15-17H2,1H3,(H3,26,27)/t20?,21?,25-/m0/s1. The molecule has 2 heterocycles. The number of nitrogens with two attached hydrogens (primary N) is 1. The average molecular weight is 440 g/mol. The third-order valence-electron chi connectivity index (χ3n) is 8.19. The van der Waals surface area contributed by atoms with Crippen LogP contribution in [0.3, 0.4) is 0 Å². The Balaban J connectivity index is 1.46. The first-order valence-corrected chi connectivity index (χ1v) is 12.2. The van der Waals surface area contributed by atoms with E-state index in [-0.39, 0.29) is 23.7 Å². The summed E-state index contributed by atoms with van der Waals surface area (Å²) in [6, 6.07) is 3.53. The quantitative estimate of drug-likeness (QED) is 0.521. The topological polar surface area (TPSA) is 103 Å². The van der Waals surface area contributed by atoms with E-state index in [4.69, 9.17) is 11.1 Å². The van der Waals surface area contributed by atoms with Crippen LogP contribution in [0.2, 0.25) is 0 Å². The Hall–Kier alpha value is -2.44. The number of carbonyl (C=O) groups is 2. The third-order valence-corrected chi connectivity index (χ3v) is 8.19. The van der Waals surface area contributed by atoms with E-state index in [1.54, 1.807) is 31.6 Å². The van der Waals surface area contributed by atoms with Gasteiger partial charge in [-0.05, 0) is 62.0 Å². The molecule has 2 saturated carbocycles. The summed E-state index contributed by atoms with van der Waals surface area (Å²) in [4.78, 5) is 33.7. The van der Waals surface area contributed by atoms with Crippen LogP contribution < -0.4 is 5.73 Å². The zero-order chi connectivity index (χ0) is 22.7. The summed E-state index contributed by atoms with van der Waals surface area (Å²) in [6.07, 6.45) is 14.6. The fourth-order valence-electron chi connectivity index (χ4n) is 6.17. The first-order valence-electron chi connectivity index (χ1n) is 12.2. The number of likely N-dealkylation sites (tertiary alicyclic amines) is 1. The van der Waals surface area contributed by atoms with E-state index in [9.17, 15) is 9.59 Å². The molecule has 4 rings (SSSR count). The average Bonchev–Trinajstić information content (AvgIpc) is 3.58. The summed E-state index contributed by atoms with van der Waals surface area (Å²) in [5.74, 6) is 1.18. The molecule has 3 atom stereocenters. The van der Waals surface area contributed by atoms with Crippen LogP contribution >= 0.6 is 0 Å². The minimum Gasteiger partial charge on any atom is -0.370 e. The van der Waals surface area contributed by atoms with E-state index < -0.39 is 5.41 Å². The van der Waals surface area contributed by atoms with Crippen LogP contribution in [-0.2, 0) is 4.79 Å². The highest BCUT2D eigenvalue weighted by atomic mass is 16.2. The Labute approximate surface area is 191 Å². The molecule has 1 aliphatic heterocycles. The molecule has 3 N–H and O–H groups in total. The lowest BCUT2D eigenvalue weighted by Gasteiger charge is -2.35. The van der Waals surface area contributed by atoms with Gasteiger partial charge in [0.15, 0.2) is 5.96 Å². The molecule has 7 nitrogen and oxygen atoms in total. The SMILES string of the molecule is CN(C(=N)N)C(=O)[C@@]1(CCC2CCCCC2)CC1C1CCCN(C(=O)c2ccncc2)C1. The third kappa shape index (κ3) is 4.66. The predicted octanol–water partition coefficient (Wildman–Crippen LogP) is 3.65. The number of hydrogen-bond donors (Lipinski definition) is 2. The summed E-state index contributed by atoms with van der Waals surface area (Å²) >= 11 is 0. The van der Waals surface area contributed by atoms with Gasteiger partial charge in [-0.3, -0.25) is 24.9 Å². The van der Waals surface area contributed by atoms with Gasteiger partial charge in [-0.2, -0.15) is 0 Å². The molecule has 0 radical (unpaired) electrons. The van der Waals surface area contributed by atoms with Crippen molar-refractivity contribution < 1.29 is 9.59 Å². The summed E-state index contributed by atoms with van der Waals surface area (Å²) in [5, 5.41) is 7.79. The maximum Gasteiger partial charge on any atom is 0.253 e. The van der Waals surface area contributed by atoms with E-state index in [2.05, 4.69) is 4.98 Å². The molecule has 3 aliphatic rings. The minimum absolute atomic E-state index is 0.00314. The van der Waals surface area contributed by atoms with Gasteiger partial charge in [0.05, 0.1) is 5.41 Å². The highest BCUT2D eigenvalue weighted by molar-refractivity contribution is 5.99. The lowest BCUT2D eigenvalue weighted by Crippen LogP contribution is -2.45. The zero-order valence-electron chi connectivity index (χ0n) is 19.3. The fraction of sp³-hybridized carbons (Fsp3) is 0.680. The second-order valence-electron chi connectivity index (χ2n) is 10.1. The summed E-state index contributed by atoms with van der Waals surface area (Å²) in [5.41, 5.74) is 5.94. The van der Waals surface area contributed by atoms with Crippen LogP contribution in [0.15, 0.2) is 24.5 Å². The molecule has 2 aliphatic carbocycles. The van der Waals surface area contributed by atoms with Crippen molar-refractivity contribution in [1.29, 1.82) is 5.41 Å². The van der Waals surface area contributed by atoms with Crippen molar-refractivity contribution in [3.8, 4) is 0 Å².